The molecule has 0 atom stereocenters. The number of nitro groups is 1. The molecule has 0 bridgehead atoms. The molecule has 0 aromatic heterocycles. The molecule has 0 unspecified atom stereocenters. The second-order valence-corrected chi connectivity index (χ2v) is 4.56. The van der Waals surface area contributed by atoms with E-state index in [1.165, 1.54) is 36.4 Å². The Morgan fingerprint density at radius 1 is 1.24 bits per heavy atom. The van der Waals surface area contributed by atoms with Crippen molar-refractivity contribution >= 4 is 23.3 Å². The van der Waals surface area contributed by atoms with Gasteiger partial charge in [0.05, 0.1) is 4.92 Å². The summed E-state index contributed by atoms with van der Waals surface area (Å²) >= 11 is 5.66. The summed E-state index contributed by atoms with van der Waals surface area (Å²) in [5.41, 5.74) is -0.0421. The number of hydrogen-bond donors (Lipinski definition) is 0. The Balaban J connectivity index is 2.13. The van der Waals surface area contributed by atoms with E-state index in [9.17, 15) is 19.3 Å². The van der Waals surface area contributed by atoms with Crippen molar-refractivity contribution in [3.05, 3.63) is 74.5 Å². The summed E-state index contributed by atoms with van der Waals surface area (Å²) in [5, 5.41) is 11.0. The lowest BCUT2D eigenvalue weighted by molar-refractivity contribution is -0.385. The first-order chi connectivity index (χ1) is 9.97. The number of nitrogens with zero attached hydrogens (tertiary/aromatic N) is 1. The zero-order valence-corrected chi connectivity index (χ0v) is 11.3. The average molecular weight is 310 g/mol. The SMILES string of the molecule is O=C(OCc1ccc(F)cc1)c1ccc(Cl)cc1[N+](=O)[O-]. The Morgan fingerprint density at radius 3 is 2.52 bits per heavy atom. The number of hydrogen-bond acceptors (Lipinski definition) is 4. The quantitative estimate of drug-likeness (QED) is 0.490. The first kappa shape index (κ1) is 14.9. The maximum atomic E-state index is 12.7. The lowest BCUT2D eigenvalue weighted by atomic mass is 10.2. The molecule has 2 aromatic carbocycles. The molecule has 0 heterocycles. The fourth-order valence-electron chi connectivity index (χ4n) is 1.64. The Bertz CT molecular complexity index is 688. The zero-order chi connectivity index (χ0) is 15.4. The minimum atomic E-state index is -0.845. The van der Waals surface area contributed by atoms with Gasteiger partial charge in [-0.15, -0.1) is 0 Å². The molecule has 2 rings (SSSR count). The Hall–Kier alpha value is -2.47. The minimum Gasteiger partial charge on any atom is -0.457 e. The van der Waals surface area contributed by atoms with E-state index >= 15 is 0 Å². The lowest BCUT2D eigenvalue weighted by Crippen LogP contribution is -2.08. The van der Waals surface area contributed by atoms with Gasteiger partial charge in [-0.05, 0) is 29.8 Å². The Kier molecular flexibility index (Phi) is 4.49. The first-order valence-corrected chi connectivity index (χ1v) is 6.20. The molecule has 108 valence electrons. The van der Waals surface area contributed by atoms with Crippen LogP contribution in [0.2, 0.25) is 5.02 Å². The van der Waals surface area contributed by atoms with Crippen molar-refractivity contribution in [2.24, 2.45) is 0 Å². The standard InChI is InChI=1S/C14H9ClFNO4/c15-10-3-6-12(13(7-10)17(19)20)14(18)21-8-9-1-4-11(16)5-2-9/h1-7H,8H2. The number of benzene rings is 2. The summed E-state index contributed by atoms with van der Waals surface area (Å²) in [6, 6.07) is 9.05. The van der Waals surface area contributed by atoms with E-state index in [1.807, 2.05) is 0 Å². The van der Waals surface area contributed by atoms with Gasteiger partial charge in [0.1, 0.15) is 18.0 Å². The highest BCUT2D eigenvalue weighted by atomic mass is 35.5. The predicted octanol–water partition coefficient (Wildman–Crippen LogP) is 3.74. The van der Waals surface area contributed by atoms with Crippen LogP contribution in [0.4, 0.5) is 10.1 Å². The van der Waals surface area contributed by atoms with E-state index in [2.05, 4.69) is 0 Å². The van der Waals surface area contributed by atoms with Crippen molar-refractivity contribution in [1.82, 2.24) is 0 Å². The summed E-state index contributed by atoms with van der Waals surface area (Å²) < 4.78 is 17.7. The molecule has 0 aliphatic rings. The van der Waals surface area contributed by atoms with Crippen LogP contribution < -0.4 is 0 Å². The van der Waals surface area contributed by atoms with Crippen LogP contribution in [-0.4, -0.2) is 10.9 Å². The van der Waals surface area contributed by atoms with Gasteiger partial charge in [-0.1, -0.05) is 23.7 Å². The van der Waals surface area contributed by atoms with Gasteiger partial charge in [-0.2, -0.15) is 0 Å². The van der Waals surface area contributed by atoms with Crippen LogP contribution in [0.15, 0.2) is 42.5 Å². The van der Waals surface area contributed by atoms with Crippen LogP contribution in [0.25, 0.3) is 0 Å². The van der Waals surface area contributed by atoms with Gasteiger partial charge in [0, 0.05) is 11.1 Å². The van der Waals surface area contributed by atoms with Gasteiger partial charge in [0.2, 0.25) is 0 Å². The number of carbonyl (C=O) groups is 1. The molecule has 0 aliphatic carbocycles. The van der Waals surface area contributed by atoms with Crippen molar-refractivity contribution in [3.8, 4) is 0 Å². The predicted molar refractivity (Wildman–Crippen MR) is 73.6 cm³/mol. The van der Waals surface area contributed by atoms with Crippen molar-refractivity contribution in [1.29, 1.82) is 0 Å². The molecule has 0 spiro atoms. The third-order valence-corrected chi connectivity index (χ3v) is 2.89. The highest BCUT2D eigenvalue weighted by Crippen LogP contribution is 2.24. The molecule has 7 heteroatoms. The van der Waals surface area contributed by atoms with Gasteiger partial charge >= 0.3 is 5.97 Å². The Morgan fingerprint density at radius 2 is 1.90 bits per heavy atom. The summed E-state index contributed by atoms with van der Waals surface area (Å²) in [6.07, 6.45) is 0. The van der Waals surface area contributed by atoms with E-state index in [-0.39, 0.29) is 17.2 Å². The number of ether oxygens (including phenoxy) is 1. The van der Waals surface area contributed by atoms with Crippen LogP contribution in [0.5, 0.6) is 0 Å². The average Bonchev–Trinajstić information content (AvgIpc) is 2.46. The number of halogens is 2. The van der Waals surface area contributed by atoms with Crippen LogP contribution in [0.3, 0.4) is 0 Å². The number of nitro benzene ring substituents is 1. The van der Waals surface area contributed by atoms with E-state index in [1.54, 1.807) is 0 Å². The molecule has 0 amide bonds. The first-order valence-electron chi connectivity index (χ1n) is 5.83. The van der Waals surface area contributed by atoms with E-state index < -0.39 is 22.4 Å². The fourth-order valence-corrected chi connectivity index (χ4v) is 1.80. The summed E-state index contributed by atoms with van der Waals surface area (Å²) in [6.45, 7) is -0.112. The molecule has 21 heavy (non-hydrogen) atoms. The Labute approximate surface area is 124 Å². The van der Waals surface area contributed by atoms with Crippen molar-refractivity contribution in [2.45, 2.75) is 6.61 Å². The van der Waals surface area contributed by atoms with E-state index in [4.69, 9.17) is 16.3 Å². The van der Waals surface area contributed by atoms with Crippen LogP contribution >= 0.6 is 11.6 Å². The third kappa shape index (κ3) is 3.76. The second kappa shape index (κ2) is 6.32. The summed E-state index contributed by atoms with van der Waals surface area (Å²) in [7, 11) is 0. The molecule has 0 N–H and O–H groups in total. The largest absolute Gasteiger partial charge is 0.457 e. The molecular weight excluding hydrogens is 301 g/mol. The highest BCUT2D eigenvalue weighted by molar-refractivity contribution is 6.31. The third-order valence-electron chi connectivity index (χ3n) is 2.66. The van der Waals surface area contributed by atoms with Crippen molar-refractivity contribution in [3.63, 3.8) is 0 Å². The molecule has 2 aromatic rings. The van der Waals surface area contributed by atoms with Gasteiger partial charge < -0.3 is 4.74 Å². The van der Waals surface area contributed by atoms with Crippen molar-refractivity contribution in [2.75, 3.05) is 0 Å². The van der Waals surface area contributed by atoms with Crippen LogP contribution in [0.1, 0.15) is 15.9 Å². The van der Waals surface area contributed by atoms with Gasteiger partial charge in [0.15, 0.2) is 0 Å². The molecule has 5 nitrogen and oxygen atoms in total. The topological polar surface area (TPSA) is 69.4 Å². The normalized spacial score (nSPS) is 10.2. The molecule has 0 fully saturated rings. The smallest absolute Gasteiger partial charge is 0.345 e. The molecule has 0 saturated heterocycles. The zero-order valence-electron chi connectivity index (χ0n) is 10.6. The molecule has 0 radical (unpaired) electrons. The van der Waals surface area contributed by atoms with E-state index in [0.29, 0.717) is 5.56 Å². The lowest BCUT2D eigenvalue weighted by Gasteiger charge is -2.06. The van der Waals surface area contributed by atoms with Crippen LogP contribution in [-0.2, 0) is 11.3 Å². The second-order valence-electron chi connectivity index (χ2n) is 4.12. The number of esters is 1. The summed E-state index contributed by atoms with van der Waals surface area (Å²) in [4.78, 5) is 22.1. The molecule has 0 aliphatic heterocycles. The highest BCUT2D eigenvalue weighted by Gasteiger charge is 2.21. The van der Waals surface area contributed by atoms with Gasteiger partial charge in [-0.3, -0.25) is 10.1 Å². The number of carbonyl (C=O) groups excluding carboxylic acids is 1. The molecule has 0 saturated carbocycles. The maximum Gasteiger partial charge on any atom is 0.345 e. The number of rotatable bonds is 4. The molecular formula is C14H9ClFNO4. The monoisotopic (exact) mass is 309 g/mol. The summed E-state index contributed by atoms with van der Waals surface area (Å²) in [5.74, 6) is -1.25. The van der Waals surface area contributed by atoms with Crippen LogP contribution in [0, 0.1) is 15.9 Å². The fraction of sp³-hybridized carbons (Fsp3) is 0.0714. The minimum absolute atomic E-state index is 0.112. The van der Waals surface area contributed by atoms with Gasteiger partial charge in [-0.25, -0.2) is 9.18 Å². The van der Waals surface area contributed by atoms with E-state index in [0.717, 1.165) is 6.07 Å². The van der Waals surface area contributed by atoms with Gasteiger partial charge in [0.25, 0.3) is 5.69 Å². The van der Waals surface area contributed by atoms with Crippen molar-refractivity contribution < 1.29 is 18.8 Å². The maximum absolute atomic E-state index is 12.7.